The van der Waals surface area contributed by atoms with E-state index in [0.717, 1.165) is 31.2 Å². The maximum atomic E-state index is 4.38. The maximum Gasteiger partial charge on any atom is 0.243 e. The SMILES string of the molecule is c1ccn2nc(NCCCNC3CC3)nc2c1. The van der Waals surface area contributed by atoms with E-state index in [2.05, 4.69) is 20.7 Å². The quantitative estimate of drug-likeness (QED) is 0.735. The number of rotatable bonds is 6. The molecule has 2 heterocycles. The van der Waals surface area contributed by atoms with Crippen LogP contribution in [0.15, 0.2) is 24.4 Å². The first-order valence-electron chi connectivity index (χ1n) is 6.20. The molecule has 2 aromatic rings. The van der Waals surface area contributed by atoms with Crippen molar-refractivity contribution in [2.24, 2.45) is 0 Å². The molecule has 17 heavy (non-hydrogen) atoms. The third kappa shape index (κ3) is 2.74. The van der Waals surface area contributed by atoms with Gasteiger partial charge in [0.2, 0.25) is 5.95 Å². The molecular formula is C12H17N5. The van der Waals surface area contributed by atoms with Crippen molar-refractivity contribution in [2.45, 2.75) is 25.3 Å². The molecule has 0 amide bonds. The molecule has 1 aliphatic carbocycles. The van der Waals surface area contributed by atoms with Gasteiger partial charge in [0, 0.05) is 18.8 Å². The minimum Gasteiger partial charge on any atom is -0.353 e. The average molecular weight is 231 g/mol. The number of fused-ring (bicyclic) bond motifs is 1. The van der Waals surface area contributed by atoms with E-state index in [1.807, 2.05) is 24.4 Å². The van der Waals surface area contributed by atoms with Crippen molar-refractivity contribution in [1.82, 2.24) is 19.9 Å². The van der Waals surface area contributed by atoms with E-state index in [0.29, 0.717) is 5.95 Å². The fourth-order valence-electron chi connectivity index (χ4n) is 1.79. The summed E-state index contributed by atoms with van der Waals surface area (Å²) in [5.41, 5.74) is 0.881. The topological polar surface area (TPSA) is 54.2 Å². The van der Waals surface area contributed by atoms with Crippen molar-refractivity contribution in [1.29, 1.82) is 0 Å². The third-order valence-electron chi connectivity index (χ3n) is 2.89. The van der Waals surface area contributed by atoms with Gasteiger partial charge < -0.3 is 10.6 Å². The molecule has 5 heteroatoms. The van der Waals surface area contributed by atoms with Gasteiger partial charge in [-0.3, -0.25) is 0 Å². The van der Waals surface area contributed by atoms with E-state index in [4.69, 9.17) is 0 Å². The Balaban J connectivity index is 1.46. The number of anilines is 1. The molecule has 0 spiro atoms. The highest BCUT2D eigenvalue weighted by atomic mass is 15.3. The average Bonchev–Trinajstić information content (AvgIpc) is 3.07. The van der Waals surface area contributed by atoms with E-state index < -0.39 is 0 Å². The molecule has 90 valence electrons. The van der Waals surface area contributed by atoms with Gasteiger partial charge in [0.15, 0.2) is 5.65 Å². The molecule has 1 fully saturated rings. The smallest absolute Gasteiger partial charge is 0.243 e. The molecule has 2 N–H and O–H groups in total. The highest BCUT2D eigenvalue weighted by Gasteiger charge is 2.19. The molecule has 1 aliphatic rings. The monoisotopic (exact) mass is 231 g/mol. The lowest BCUT2D eigenvalue weighted by Crippen LogP contribution is -2.20. The first-order chi connectivity index (χ1) is 8.42. The summed E-state index contributed by atoms with van der Waals surface area (Å²) in [6.07, 6.45) is 5.71. The van der Waals surface area contributed by atoms with E-state index >= 15 is 0 Å². The van der Waals surface area contributed by atoms with Gasteiger partial charge in [-0.05, 0) is 37.9 Å². The summed E-state index contributed by atoms with van der Waals surface area (Å²) < 4.78 is 1.78. The summed E-state index contributed by atoms with van der Waals surface area (Å²) in [7, 11) is 0. The number of nitrogens with one attached hydrogen (secondary N) is 2. The second-order valence-corrected chi connectivity index (χ2v) is 4.45. The molecule has 5 nitrogen and oxygen atoms in total. The molecule has 0 radical (unpaired) electrons. The van der Waals surface area contributed by atoms with Crippen LogP contribution in [0.4, 0.5) is 5.95 Å². The zero-order valence-corrected chi connectivity index (χ0v) is 9.76. The molecular weight excluding hydrogens is 214 g/mol. The number of nitrogens with zero attached hydrogens (tertiary/aromatic N) is 3. The van der Waals surface area contributed by atoms with Crippen LogP contribution in [-0.2, 0) is 0 Å². The van der Waals surface area contributed by atoms with Crippen LogP contribution in [0.25, 0.3) is 5.65 Å². The zero-order valence-electron chi connectivity index (χ0n) is 9.76. The predicted octanol–water partition coefficient (Wildman–Crippen LogP) is 1.28. The van der Waals surface area contributed by atoms with Crippen LogP contribution in [-0.4, -0.2) is 33.7 Å². The lowest BCUT2D eigenvalue weighted by atomic mass is 10.4. The predicted molar refractivity (Wildman–Crippen MR) is 67.1 cm³/mol. The minimum atomic E-state index is 0.711. The van der Waals surface area contributed by atoms with Crippen molar-refractivity contribution >= 4 is 11.6 Å². The van der Waals surface area contributed by atoms with Gasteiger partial charge in [0.1, 0.15) is 0 Å². The molecule has 0 aromatic carbocycles. The lowest BCUT2D eigenvalue weighted by molar-refractivity contribution is 0.658. The highest BCUT2D eigenvalue weighted by Crippen LogP contribution is 2.18. The number of hydrogen-bond acceptors (Lipinski definition) is 4. The summed E-state index contributed by atoms with van der Waals surface area (Å²) >= 11 is 0. The maximum absolute atomic E-state index is 4.38. The standard InChI is InChI=1S/C12H17N5/c1-2-9-17-11(4-1)15-12(16-17)14-8-3-7-13-10-5-6-10/h1-2,4,9-10,13H,3,5-8H2,(H,14,16). The zero-order chi connectivity index (χ0) is 11.5. The van der Waals surface area contributed by atoms with E-state index in [-0.39, 0.29) is 0 Å². The van der Waals surface area contributed by atoms with Crippen molar-refractivity contribution in [2.75, 3.05) is 18.4 Å². The lowest BCUT2D eigenvalue weighted by Gasteiger charge is -2.02. The van der Waals surface area contributed by atoms with E-state index in [1.165, 1.54) is 12.8 Å². The number of pyridine rings is 1. The van der Waals surface area contributed by atoms with Gasteiger partial charge in [0.25, 0.3) is 0 Å². The fraction of sp³-hybridized carbons (Fsp3) is 0.500. The van der Waals surface area contributed by atoms with E-state index in [9.17, 15) is 0 Å². The van der Waals surface area contributed by atoms with Crippen molar-refractivity contribution in [3.8, 4) is 0 Å². The number of hydrogen-bond donors (Lipinski definition) is 2. The Morgan fingerprint density at radius 2 is 2.24 bits per heavy atom. The second kappa shape index (κ2) is 4.71. The molecule has 2 aromatic heterocycles. The van der Waals surface area contributed by atoms with Crippen LogP contribution >= 0.6 is 0 Å². The van der Waals surface area contributed by atoms with Crippen molar-refractivity contribution in [3.63, 3.8) is 0 Å². The van der Waals surface area contributed by atoms with Crippen LogP contribution in [0.2, 0.25) is 0 Å². The molecule has 3 rings (SSSR count). The Morgan fingerprint density at radius 1 is 1.29 bits per heavy atom. The third-order valence-corrected chi connectivity index (χ3v) is 2.89. The van der Waals surface area contributed by atoms with Gasteiger partial charge in [0.05, 0.1) is 0 Å². The van der Waals surface area contributed by atoms with Crippen LogP contribution in [0.1, 0.15) is 19.3 Å². The molecule has 0 aliphatic heterocycles. The Kier molecular flexibility index (Phi) is 2.92. The Bertz CT molecular complexity index is 455. The molecule has 1 saturated carbocycles. The Morgan fingerprint density at radius 3 is 3.06 bits per heavy atom. The largest absolute Gasteiger partial charge is 0.353 e. The highest BCUT2D eigenvalue weighted by molar-refractivity contribution is 5.42. The van der Waals surface area contributed by atoms with Crippen LogP contribution in [0.5, 0.6) is 0 Å². The van der Waals surface area contributed by atoms with Gasteiger partial charge in [-0.15, -0.1) is 5.10 Å². The summed E-state index contributed by atoms with van der Waals surface area (Å²) in [4.78, 5) is 4.38. The first-order valence-corrected chi connectivity index (χ1v) is 6.20. The van der Waals surface area contributed by atoms with Gasteiger partial charge in [-0.2, -0.15) is 4.98 Å². The Labute approximate surface area is 100 Å². The molecule has 0 atom stereocenters. The first kappa shape index (κ1) is 10.5. The normalized spacial score (nSPS) is 15.3. The fourth-order valence-corrected chi connectivity index (χ4v) is 1.79. The van der Waals surface area contributed by atoms with Gasteiger partial charge >= 0.3 is 0 Å². The number of aromatic nitrogens is 3. The second-order valence-electron chi connectivity index (χ2n) is 4.45. The molecule has 0 bridgehead atoms. The minimum absolute atomic E-state index is 0.711. The van der Waals surface area contributed by atoms with Crippen molar-refractivity contribution < 1.29 is 0 Å². The molecule has 0 unspecified atom stereocenters. The van der Waals surface area contributed by atoms with Gasteiger partial charge in [-0.1, -0.05) is 6.07 Å². The van der Waals surface area contributed by atoms with Crippen LogP contribution in [0.3, 0.4) is 0 Å². The van der Waals surface area contributed by atoms with Gasteiger partial charge in [-0.25, -0.2) is 4.52 Å². The van der Waals surface area contributed by atoms with Crippen molar-refractivity contribution in [3.05, 3.63) is 24.4 Å². The summed E-state index contributed by atoms with van der Waals surface area (Å²) in [6, 6.07) is 6.66. The van der Waals surface area contributed by atoms with Crippen LogP contribution < -0.4 is 10.6 Å². The van der Waals surface area contributed by atoms with E-state index in [1.54, 1.807) is 4.52 Å². The van der Waals surface area contributed by atoms with Crippen LogP contribution in [0, 0.1) is 0 Å². The summed E-state index contributed by atoms with van der Waals surface area (Å²) in [6.45, 7) is 1.99. The summed E-state index contributed by atoms with van der Waals surface area (Å²) in [5.74, 6) is 0.711. The Hall–Kier alpha value is -1.62. The summed E-state index contributed by atoms with van der Waals surface area (Å²) in [5, 5.41) is 11.1. The molecule has 0 saturated heterocycles.